The number of carbonyl (C=O) groups is 1. The summed E-state index contributed by atoms with van der Waals surface area (Å²) in [7, 11) is 0. The average Bonchev–Trinajstić information content (AvgIpc) is 3.35. The van der Waals surface area contributed by atoms with Gasteiger partial charge in [-0.25, -0.2) is 0 Å². The summed E-state index contributed by atoms with van der Waals surface area (Å²) in [5, 5.41) is 3.59. The molecular formula is C30H38N2OS. The standard InChI is InChI=1S/C30H38N2OS/c1-30(2)21-24(25-12-8-11-23-16-20-34-29(23)25)14-18-32(30)19-15-26(27-13-6-7-17-31-27)28(33)22-9-4-3-5-10-22/h6-8,11-13,16-17,20,22,24,26H,3-5,9-10,14-15,18-19,21H2,1-2H3. The highest BCUT2D eigenvalue weighted by molar-refractivity contribution is 7.17. The number of ketones is 1. The van der Waals surface area contributed by atoms with E-state index < -0.39 is 0 Å². The van der Waals surface area contributed by atoms with Crippen LogP contribution in [0.4, 0.5) is 0 Å². The lowest BCUT2D eigenvalue weighted by molar-refractivity contribution is -0.125. The van der Waals surface area contributed by atoms with Gasteiger partial charge in [-0.15, -0.1) is 11.3 Å². The number of thiophene rings is 1. The predicted molar refractivity (Wildman–Crippen MR) is 143 cm³/mol. The van der Waals surface area contributed by atoms with Crippen LogP contribution in [-0.2, 0) is 4.79 Å². The second-order valence-electron chi connectivity index (χ2n) is 11.0. The number of Topliss-reactive ketones (excluding diaryl/α,β-unsaturated/α-hetero) is 1. The van der Waals surface area contributed by atoms with Crippen LogP contribution < -0.4 is 0 Å². The van der Waals surface area contributed by atoms with E-state index in [2.05, 4.69) is 59.4 Å². The van der Waals surface area contributed by atoms with Gasteiger partial charge in [0.15, 0.2) is 0 Å². The van der Waals surface area contributed by atoms with Crippen LogP contribution in [0.1, 0.15) is 88.3 Å². The Kier molecular flexibility index (Phi) is 7.17. The van der Waals surface area contributed by atoms with E-state index in [4.69, 9.17) is 0 Å². The average molecular weight is 475 g/mol. The molecule has 3 heterocycles. The third-order valence-electron chi connectivity index (χ3n) is 8.38. The van der Waals surface area contributed by atoms with Gasteiger partial charge < -0.3 is 0 Å². The lowest BCUT2D eigenvalue weighted by Crippen LogP contribution is -2.50. The minimum Gasteiger partial charge on any atom is -0.299 e. The summed E-state index contributed by atoms with van der Waals surface area (Å²) in [4.78, 5) is 20.9. The first-order chi connectivity index (χ1) is 16.5. The fourth-order valence-electron chi connectivity index (χ4n) is 6.44. The molecule has 4 heteroatoms. The fraction of sp³-hybridized carbons (Fsp3) is 0.533. The van der Waals surface area contributed by atoms with E-state index >= 15 is 0 Å². The quantitative estimate of drug-likeness (QED) is 0.354. The molecule has 1 aromatic carbocycles. The highest BCUT2D eigenvalue weighted by Gasteiger charge is 2.37. The molecule has 180 valence electrons. The Morgan fingerprint density at radius 1 is 1.09 bits per heavy atom. The molecule has 34 heavy (non-hydrogen) atoms. The molecule has 0 radical (unpaired) electrons. The van der Waals surface area contributed by atoms with Gasteiger partial charge in [0.1, 0.15) is 5.78 Å². The van der Waals surface area contributed by atoms with Crippen LogP contribution in [0.15, 0.2) is 54.0 Å². The Labute approximate surface area is 208 Å². The lowest BCUT2D eigenvalue weighted by atomic mass is 9.77. The number of fused-ring (bicyclic) bond motifs is 1. The summed E-state index contributed by atoms with van der Waals surface area (Å²) < 4.78 is 1.46. The molecule has 3 nitrogen and oxygen atoms in total. The minimum absolute atomic E-state index is 0.0716. The van der Waals surface area contributed by atoms with Crippen molar-refractivity contribution in [1.29, 1.82) is 0 Å². The topological polar surface area (TPSA) is 33.2 Å². The smallest absolute Gasteiger partial charge is 0.145 e. The van der Waals surface area contributed by atoms with Gasteiger partial charge in [-0.1, -0.05) is 43.5 Å². The van der Waals surface area contributed by atoms with E-state index in [1.807, 2.05) is 29.7 Å². The van der Waals surface area contributed by atoms with Crippen molar-refractivity contribution in [2.45, 2.75) is 82.6 Å². The third kappa shape index (κ3) is 4.99. The molecule has 0 amide bonds. The van der Waals surface area contributed by atoms with Crippen LogP contribution in [0.25, 0.3) is 10.1 Å². The SMILES string of the molecule is CC1(C)CC(c2cccc3ccsc23)CCN1CCC(C(=O)C1CCCCC1)c1ccccn1. The number of nitrogens with zero attached hydrogens (tertiary/aromatic N) is 2. The Bertz CT molecular complexity index is 1100. The molecular weight excluding hydrogens is 436 g/mol. The summed E-state index contributed by atoms with van der Waals surface area (Å²) in [5.41, 5.74) is 2.61. The van der Waals surface area contributed by atoms with Gasteiger partial charge in [-0.05, 0) is 99.5 Å². The van der Waals surface area contributed by atoms with E-state index in [1.165, 1.54) is 41.3 Å². The molecule has 1 aliphatic heterocycles. The Hall–Kier alpha value is -2.04. The highest BCUT2D eigenvalue weighted by atomic mass is 32.1. The first kappa shape index (κ1) is 23.7. The third-order valence-corrected chi connectivity index (χ3v) is 9.36. The number of hydrogen-bond acceptors (Lipinski definition) is 4. The molecule has 5 rings (SSSR count). The van der Waals surface area contributed by atoms with Crippen molar-refractivity contribution in [1.82, 2.24) is 9.88 Å². The molecule has 1 saturated carbocycles. The zero-order chi connectivity index (χ0) is 23.5. The Morgan fingerprint density at radius 2 is 1.94 bits per heavy atom. The van der Waals surface area contributed by atoms with E-state index in [9.17, 15) is 4.79 Å². The number of pyridine rings is 1. The van der Waals surface area contributed by atoms with E-state index in [0.29, 0.717) is 11.7 Å². The monoisotopic (exact) mass is 474 g/mol. The minimum atomic E-state index is -0.0716. The van der Waals surface area contributed by atoms with E-state index in [-0.39, 0.29) is 17.4 Å². The van der Waals surface area contributed by atoms with Gasteiger partial charge in [0, 0.05) is 22.4 Å². The summed E-state index contributed by atoms with van der Waals surface area (Å²) in [6, 6.07) is 15.1. The molecule has 1 aliphatic carbocycles. The molecule has 2 atom stereocenters. The van der Waals surface area contributed by atoms with Crippen LogP contribution in [0, 0.1) is 5.92 Å². The van der Waals surface area contributed by atoms with Crippen molar-refractivity contribution >= 4 is 27.2 Å². The second kappa shape index (κ2) is 10.3. The van der Waals surface area contributed by atoms with Gasteiger partial charge in [-0.2, -0.15) is 0 Å². The summed E-state index contributed by atoms with van der Waals surface area (Å²) in [6.45, 7) is 6.84. The molecule has 0 bridgehead atoms. The Balaban J connectivity index is 1.29. The zero-order valence-electron chi connectivity index (χ0n) is 20.7. The van der Waals surface area contributed by atoms with Crippen molar-refractivity contribution in [3.8, 4) is 0 Å². The van der Waals surface area contributed by atoms with Crippen molar-refractivity contribution in [3.63, 3.8) is 0 Å². The first-order valence-electron chi connectivity index (χ1n) is 13.2. The molecule has 2 fully saturated rings. The molecule has 2 aromatic heterocycles. The number of hydrogen-bond donors (Lipinski definition) is 0. The van der Waals surface area contributed by atoms with Gasteiger partial charge in [0.05, 0.1) is 11.6 Å². The van der Waals surface area contributed by atoms with Crippen molar-refractivity contribution in [3.05, 3.63) is 65.3 Å². The maximum atomic E-state index is 13.6. The largest absolute Gasteiger partial charge is 0.299 e. The summed E-state index contributed by atoms with van der Waals surface area (Å²) in [5.74, 6) is 1.20. The number of carbonyl (C=O) groups excluding carboxylic acids is 1. The van der Waals surface area contributed by atoms with Crippen molar-refractivity contribution in [2.24, 2.45) is 5.92 Å². The molecule has 1 saturated heterocycles. The molecule has 3 aromatic rings. The van der Waals surface area contributed by atoms with Crippen molar-refractivity contribution < 1.29 is 4.79 Å². The summed E-state index contributed by atoms with van der Waals surface area (Å²) in [6.07, 6.45) is 10.9. The number of rotatable bonds is 7. The number of benzene rings is 1. The van der Waals surface area contributed by atoms with Crippen LogP contribution >= 0.6 is 11.3 Å². The highest BCUT2D eigenvalue weighted by Crippen LogP contribution is 2.42. The van der Waals surface area contributed by atoms with E-state index in [1.54, 1.807) is 0 Å². The molecule has 0 N–H and O–H groups in total. The lowest BCUT2D eigenvalue weighted by Gasteiger charge is -2.46. The Morgan fingerprint density at radius 3 is 2.71 bits per heavy atom. The number of aromatic nitrogens is 1. The summed E-state index contributed by atoms with van der Waals surface area (Å²) >= 11 is 1.88. The predicted octanol–water partition coefficient (Wildman–Crippen LogP) is 7.58. The number of likely N-dealkylation sites (tertiary alicyclic amines) is 1. The second-order valence-corrected chi connectivity index (χ2v) is 11.9. The van der Waals surface area contributed by atoms with Gasteiger partial charge in [0.2, 0.25) is 0 Å². The van der Waals surface area contributed by atoms with E-state index in [0.717, 1.165) is 44.5 Å². The first-order valence-corrected chi connectivity index (χ1v) is 14.1. The van der Waals surface area contributed by atoms with Crippen LogP contribution in [0.5, 0.6) is 0 Å². The normalized spacial score (nSPS) is 22.6. The van der Waals surface area contributed by atoms with Gasteiger partial charge in [-0.3, -0.25) is 14.7 Å². The van der Waals surface area contributed by atoms with Crippen molar-refractivity contribution in [2.75, 3.05) is 13.1 Å². The van der Waals surface area contributed by atoms with Gasteiger partial charge >= 0.3 is 0 Å². The maximum absolute atomic E-state index is 13.6. The molecule has 2 aliphatic rings. The van der Waals surface area contributed by atoms with Gasteiger partial charge in [0.25, 0.3) is 0 Å². The number of piperidine rings is 1. The fourth-order valence-corrected chi connectivity index (χ4v) is 7.43. The van der Waals surface area contributed by atoms with Crippen LogP contribution in [0.2, 0.25) is 0 Å². The maximum Gasteiger partial charge on any atom is 0.145 e. The zero-order valence-corrected chi connectivity index (χ0v) is 21.5. The van der Waals surface area contributed by atoms with Crippen LogP contribution in [0.3, 0.4) is 0 Å². The van der Waals surface area contributed by atoms with Crippen LogP contribution in [-0.4, -0.2) is 34.3 Å². The molecule has 2 unspecified atom stereocenters. The molecule has 0 spiro atoms.